The van der Waals surface area contributed by atoms with Crippen LogP contribution in [0.5, 0.6) is 0 Å². The van der Waals surface area contributed by atoms with Gasteiger partial charge in [0.1, 0.15) is 0 Å². The van der Waals surface area contributed by atoms with Gasteiger partial charge in [-0.1, -0.05) is 6.42 Å². The van der Waals surface area contributed by atoms with Crippen molar-refractivity contribution in [2.24, 2.45) is 0 Å². The van der Waals surface area contributed by atoms with E-state index >= 15 is 0 Å². The predicted octanol–water partition coefficient (Wildman–Crippen LogP) is -0.522. The fourth-order valence-corrected chi connectivity index (χ4v) is 4.90. The third-order valence-electron chi connectivity index (χ3n) is 3.45. The van der Waals surface area contributed by atoms with Gasteiger partial charge < -0.3 is 15.7 Å². The summed E-state index contributed by atoms with van der Waals surface area (Å²) in [6, 6.07) is -1.03. The van der Waals surface area contributed by atoms with Gasteiger partial charge in [0.05, 0.1) is 23.1 Å². The van der Waals surface area contributed by atoms with E-state index < -0.39 is 21.1 Å². The average molecular weight is 276 g/mol. The number of unbranched alkanes of at least 4 members (excludes halogenated alkanes) is 1. The van der Waals surface area contributed by atoms with Gasteiger partial charge in [-0.15, -0.1) is 0 Å². The molecule has 7 nitrogen and oxygen atoms in total. The van der Waals surface area contributed by atoms with Crippen molar-refractivity contribution in [1.29, 1.82) is 0 Å². The summed E-state index contributed by atoms with van der Waals surface area (Å²) in [5, 5.41) is 13.1. The smallest absolute Gasteiger partial charge is 0.315 e. The Bertz CT molecular complexity index is 461. The summed E-state index contributed by atoms with van der Waals surface area (Å²) in [4.78, 5) is 21.5. The summed E-state index contributed by atoms with van der Waals surface area (Å²) in [5.74, 6) is -0.905. The first-order valence-electron chi connectivity index (χ1n) is 5.90. The number of urea groups is 1. The van der Waals surface area contributed by atoms with Gasteiger partial charge in [-0.2, -0.15) is 0 Å². The van der Waals surface area contributed by atoms with Crippen molar-refractivity contribution in [3.8, 4) is 0 Å². The van der Waals surface area contributed by atoms with Gasteiger partial charge in [0, 0.05) is 6.42 Å². The second-order valence-electron chi connectivity index (χ2n) is 4.76. The van der Waals surface area contributed by atoms with Gasteiger partial charge in [-0.3, -0.25) is 4.79 Å². The molecule has 102 valence electrons. The van der Waals surface area contributed by atoms with E-state index in [-0.39, 0.29) is 30.3 Å². The summed E-state index contributed by atoms with van der Waals surface area (Å²) in [7, 11) is -3.20. The van der Waals surface area contributed by atoms with E-state index in [0.29, 0.717) is 19.3 Å². The molecule has 0 aromatic rings. The van der Waals surface area contributed by atoms with Crippen LogP contribution >= 0.6 is 0 Å². The van der Waals surface area contributed by atoms with Crippen molar-refractivity contribution in [2.45, 2.75) is 43.0 Å². The summed E-state index contributed by atoms with van der Waals surface area (Å²) >= 11 is 0. The summed E-state index contributed by atoms with van der Waals surface area (Å²) in [6.45, 7) is 0. The number of rotatable bonds is 5. The van der Waals surface area contributed by atoms with Crippen molar-refractivity contribution in [1.82, 2.24) is 10.6 Å². The number of hydrogen-bond acceptors (Lipinski definition) is 4. The lowest BCUT2D eigenvalue weighted by Crippen LogP contribution is -2.39. The Balaban J connectivity index is 1.93. The number of hydrogen-bond donors (Lipinski definition) is 3. The van der Waals surface area contributed by atoms with Gasteiger partial charge in [-0.05, 0) is 12.8 Å². The molecule has 0 saturated carbocycles. The normalized spacial score (nSPS) is 32.7. The Morgan fingerprint density at radius 2 is 2.06 bits per heavy atom. The fraction of sp³-hybridized carbons (Fsp3) is 0.800. The standard InChI is InChI=1S/C10H16N2O5S/c13-8(14)4-2-1-3-7-9-6(5-18(7,16)17)11-10(15)12-9/h6-7,9H,1-5H2,(H,13,14)(H2,11,12,15)/t6-,7-,9+/m1/s1. The lowest BCUT2D eigenvalue weighted by atomic mass is 10.0. The molecule has 8 heteroatoms. The molecular weight excluding hydrogens is 260 g/mol. The highest BCUT2D eigenvalue weighted by Gasteiger charge is 2.51. The molecule has 2 amide bonds. The number of fused-ring (bicyclic) bond motifs is 1. The highest BCUT2D eigenvalue weighted by atomic mass is 32.2. The number of carboxylic acid groups (broad SMARTS) is 1. The number of nitrogens with one attached hydrogen (secondary N) is 2. The van der Waals surface area contributed by atoms with Crippen LogP contribution in [0.1, 0.15) is 25.7 Å². The maximum Gasteiger partial charge on any atom is 0.315 e. The minimum Gasteiger partial charge on any atom is -0.481 e. The van der Waals surface area contributed by atoms with E-state index in [1.54, 1.807) is 0 Å². The van der Waals surface area contributed by atoms with Crippen molar-refractivity contribution in [3.63, 3.8) is 0 Å². The Hall–Kier alpha value is -1.31. The third-order valence-corrected chi connectivity index (χ3v) is 5.73. The van der Waals surface area contributed by atoms with Crippen LogP contribution < -0.4 is 10.6 Å². The van der Waals surface area contributed by atoms with E-state index in [2.05, 4.69) is 10.6 Å². The molecule has 3 N–H and O–H groups in total. The molecule has 0 bridgehead atoms. The van der Waals surface area contributed by atoms with Crippen LogP contribution in [-0.4, -0.2) is 48.6 Å². The molecule has 0 spiro atoms. The van der Waals surface area contributed by atoms with Crippen LogP contribution in [0.15, 0.2) is 0 Å². The zero-order valence-corrected chi connectivity index (χ0v) is 10.6. The molecule has 0 unspecified atom stereocenters. The van der Waals surface area contributed by atoms with Gasteiger partial charge in [0.2, 0.25) is 0 Å². The quantitative estimate of drug-likeness (QED) is 0.462. The van der Waals surface area contributed by atoms with Crippen LogP contribution in [0.2, 0.25) is 0 Å². The molecule has 2 fully saturated rings. The number of aliphatic carboxylic acids is 1. The molecule has 3 atom stereocenters. The third kappa shape index (κ3) is 2.58. The van der Waals surface area contributed by atoms with Crippen LogP contribution in [-0.2, 0) is 14.6 Å². The Morgan fingerprint density at radius 1 is 1.33 bits per heavy atom. The largest absolute Gasteiger partial charge is 0.481 e. The molecule has 0 aliphatic carbocycles. The molecule has 2 aliphatic rings. The van der Waals surface area contributed by atoms with E-state index in [9.17, 15) is 18.0 Å². The SMILES string of the molecule is O=C(O)CCCC[C@@H]1[C@H]2NC(=O)N[C@@H]2CS1(=O)=O. The van der Waals surface area contributed by atoms with Crippen LogP contribution in [0.4, 0.5) is 4.79 Å². The highest BCUT2D eigenvalue weighted by molar-refractivity contribution is 7.92. The maximum absolute atomic E-state index is 11.9. The predicted molar refractivity (Wildman–Crippen MR) is 62.9 cm³/mol. The second kappa shape index (κ2) is 4.75. The molecule has 0 aromatic carbocycles. The first-order chi connectivity index (χ1) is 8.40. The van der Waals surface area contributed by atoms with Crippen LogP contribution in [0.25, 0.3) is 0 Å². The maximum atomic E-state index is 11.9. The molecule has 18 heavy (non-hydrogen) atoms. The number of amides is 2. The Morgan fingerprint density at radius 3 is 2.72 bits per heavy atom. The lowest BCUT2D eigenvalue weighted by Gasteiger charge is -2.15. The van der Waals surface area contributed by atoms with Crippen LogP contribution in [0, 0.1) is 0 Å². The average Bonchev–Trinajstić information content (AvgIpc) is 2.66. The molecule has 2 aliphatic heterocycles. The second-order valence-corrected chi connectivity index (χ2v) is 7.02. The summed E-state index contributed by atoms with van der Waals surface area (Å²) in [6.07, 6.45) is 1.44. The minimum atomic E-state index is -3.20. The molecule has 2 saturated heterocycles. The molecule has 2 heterocycles. The van der Waals surface area contributed by atoms with E-state index in [4.69, 9.17) is 5.11 Å². The number of sulfone groups is 1. The van der Waals surface area contributed by atoms with Crippen molar-refractivity contribution >= 4 is 21.8 Å². The van der Waals surface area contributed by atoms with E-state index in [0.717, 1.165) is 0 Å². The van der Waals surface area contributed by atoms with E-state index in [1.807, 2.05) is 0 Å². The molecule has 0 radical (unpaired) electrons. The molecule has 0 aromatic heterocycles. The van der Waals surface area contributed by atoms with Gasteiger partial charge >= 0.3 is 12.0 Å². The molecular formula is C10H16N2O5S. The van der Waals surface area contributed by atoms with Crippen molar-refractivity contribution in [2.75, 3.05) is 5.75 Å². The zero-order valence-electron chi connectivity index (χ0n) is 9.76. The number of carbonyl (C=O) groups excluding carboxylic acids is 1. The van der Waals surface area contributed by atoms with Crippen molar-refractivity contribution < 1.29 is 23.1 Å². The van der Waals surface area contributed by atoms with Crippen LogP contribution in [0.3, 0.4) is 0 Å². The van der Waals surface area contributed by atoms with Gasteiger partial charge in [0.25, 0.3) is 0 Å². The highest BCUT2D eigenvalue weighted by Crippen LogP contribution is 2.28. The van der Waals surface area contributed by atoms with Crippen molar-refractivity contribution in [3.05, 3.63) is 0 Å². The number of carbonyl (C=O) groups is 2. The Labute approximate surface area is 105 Å². The monoisotopic (exact) mass is 276 g/mol. The lowest BCUT2D eigenvalue weighted by molar-refractivity contribution is -0.137. The fourth-order valence-electron chi connectivity index (χ4n) is 2.63. The first kappa shape index (κ1) is 13.1. The minimum absolute atomic E-state index is 0.0278. The first-order valence-corrected chi connectivity index (χ1v) is 7.62. The summed E-state index contributed by atoms with van der Waals surface area (Å²) < 4.78 is 23.8. The Kier molecular flexibility index (Phi) is 3.47. The molecule has 2 rings (SSSR count). The summed E-state index contributed by atoms with van der Waals surface area (Å²) in [5.41, 5.74) is 0. The zero-order chi connectivity index (χ0) is 13.3. The van der Waals surface area contributed by atoms with E-state index in [1.165, 1.54) is 0 Å². The number of carboxylic acids is 1. The van der Waals surface area contributed by atoms with Gasteiger partial charge in [0.15, 0.2) is 9.84 Å². The van der Waals surface area contributed by atoms with Gasteiger partial charge in [-0.25, -0.2) is 13.2 Å². The topological polar surface area (TPSA) is 113 Å².